The number of primary amides is 1. The van der Waals surface area contributed by atoms with Crippen molar-refractivity contribution in [2.45, 2.75) is 37.2 Å². The van der Waals surface area contributed by atoms with Crippen LogP contribution in [0.2, 0.25) is 5.02 Å². The molecule has 10 nitrogen and oxygen atoms in total. The van der Waals surface area contributed by atoms with Gasteiger partial charge in [-0.15, -0.1) is 0 Å². The van der Waals surface area contributed by atoms with Crippen LogP contribution < -0.4 is 5.73 Å². The van der Waals surface area contributed by atoms with E-state index in [1.54, 1.807) is 0 Å². The molecule has 212 valence electrons. The molecular weight excluding hydrogens is 547 g/mol. The quantitative estimate of drug-likeness (QED) is 0.330. The van der Waals surface area contributed by atoms with E-state index in [4.69, 9.17) is 17.3 Å². The monoisotopic (exact) mass is 573 g/mol. The van der Waals surface area contributed by atoms with E-state index in [-0.39, 0.29) is 46.7 Å². The Kier molecular flexibility index (Phi) is 7.04. The summed E-state index contributed by atoms with van der Waals surface area (Å²) in [5, 5.41) is 44.2. The average molecular weight is 574 g/mol. The summed E-state index contributed by atoms with van der Waals surface area (Å²) in [5.41, 5.74) is 1.21. The van der Waals surface area contributed by atoms with Gasteiger partial charge in [0, 0.05) is 23.1 Å². The summed E-state index contributed by atoms with van der Waals surface area (Å²) in [4.78, 5) is 41.2. The molecule has 0 aliphatic heterocycles. The third kappa shape index (κ3) is 4.46. The highest BCUT2D eigenvalue weighted by atomic mass is 35.5. The summed E-state index contributed by atoms with van der Waals surface area (Å²) in [5.74, 6) is -8.00. The number of aliphatic hydroxyl groups excluding tert-OH is 2. The number of nitrogens with two attached hydrogens (primary N) is 1. The Balaban J connectivity index is 1.84. The number of carbonyl (C=O) groups is 3. The minimum Gasteiger partial charge on any atom is -0.510 e. The van der Waals surface area contributed by atoms with Crippen molar-refractivity contribution in [1.82, 2.24) is 9.80 Å². The fraction of sp³-hybridized carbons (Fsp3) is 0.480. The molecule has 0 aromatic heterocycles. The Labute approximate surface area is 225 Å². The number of carbonyl (C=O) groups excluding carboxylic acids is 3. The standard InChI is InChI=1S/C25H27ClF3N3O7/c1-31(2)18-12-5-9-4-11-15(13(33)6-10(17(11)26)7-32(3)8-24(27,28)29)19(34)14(9)21(36)25(12,39)22(37)16(20(18)35)23(30)38/h6,9,12,18,33,35-36,39H,4-5,7-8H2,1-3H3,(H2,30,38)/t9-,12-,18-,25-/m0/s1. The number of rotatable bonds is 5. The smallest absolute Gasteiger partial charge is 0.401 e. The van der Waals surface area contributed by atoms with Crippen LogP contribution in [0.3, 0.4) is 0 Å². The van der Waals surface area contributed by atoms with Gasteiger partial charge in [-0.2, -0.15) is 13.2 Å². The number of fused-ring (bicyclic) bond motifs is 3. The van der Waals surface area contributed by atoms with E-state index in [0.717, 1.165) is 11.0 Å². The van der Waals surface area contributed by atoms with E-state index >= 15 is 0 Å². The highest BCUT2D eigenvalue weighted by Gasteiger charge is 2.63. The molecule has 6 N–H and O–H groups in total. The molecule has 1 aromatic carbocycles. The molecule has 0 unspecified atom stereocenters. The maximum absolute atomic E-state index is 13.6. The van der Waals surface area contributed by atoms with Gasteiger partial charge >= 0.3 is 6.18 Å². The number of aliphatic hydroxyl groups is 3. The van der Waals surface area contributed by atoms with Crippen LogP contribution in [0.1, 0.15) is 27.9 Å². The minimum atomic E-state index is -4.47. The van der Waals surface area contributed by atoms with Gasteiger partial charge in [-0.1, -0.05) is 11.6 Å². The SMILES string of the molecule is CN(Cc1cc(O)c2c(c1Cl)C[C@H]1C[C@H]3[C@H](N(C)C)C(O)=C(C(N)=O)C(=O)[C@@]3(O)C(O)=C1C2=O)CC(F)(F)F. The molecule has 1 aromatic rings. The summed E-state index contributed by atoms with van der Waals surface area (Å²) in [7, 11) is 4.23. The molecule has 0 fully saturated rings. The number of hydrogen-bond donors (Lipinski definition) is 5. The van der Waals surface area contributed by atoms with Gasteiger partial charge in [0.15, 0.2) is 11.4 Å². The maximum Gasteiger partial charge on any atom is 0.401 e. The van der Waals surface area contributed by atoms with E-state index in [0.29, 0.717) is 0 Å². The van der Waals surface area contributed by atoms with Gasteiger partial charge in [-0.05, 0) is 57.1 Å². The number of phenols is 1. The number of Topliss-reactive ketones (excluding diaryl/α,β-unsaturated/α-hetero) is 2. The second-order valence-corrected chi connectivity index (χ2v) is 10.9. The van der Waals surface area contributed by atoms with E-state index in [2.05, 4.69) is 0 Å². The number of phenolic OH excluding ortho intramolecular Hbond substituents is 1. The van der Waals surface area contributed by atoms with Gasteiger partial charge in [0.05, 0.1) is 18.2 Å². The summed E-state index contributed by atoms with van der Waals surface area (Å²) >= 11 is 6.53. The van der Waals surface area contributed by atoms with Gasteiger partial charge in [0.1, 0.15) is 22.8 Å². The number of aromatic hydroxyl groups is 1. The summed E-state index contributed by atoms with van der Waals surface area (Å²) in [6.45, 7) is -1.53. The van der Waals surface area contributed by atoms with Crippen LogP contribution >= 0.6 is 11.6 Å². The number of alkyl halides is 3. The first kappa shape index (κ1) is 28.9. The predicted molar refractivity (Wildman–Crippen MR) is 131 cm³/mol. The highest BCUT2D eigenvalue weighted by molar-refractivity contribution is 6.33. The second kappa shape index (κ2) is 9.51. The van der Waals surface area contributed by atoms with Crippen molar-refractivity contribution in [3.63, 3.8) is 0 Å². The normalized spacial score (nSPS) is 27.2. The van der Waals surface area contributed by atoms with E-state index in [1.165, 1.54) is 26.0 Å². The molecule has 4 atom stereocenters. The zero-order chi connectivity index (χ0) is 29.4. The molecule has 1 amide bonds. The van der Waals surface area contributed by atoms with Crippen LogP contribution in [0.25, 0.3) is 0 Å². The first-order chi connectivity index (χ1) is 17.9. The van der Waals surface area contributed by atoms with Crippen molar-refractivity contribution in [1.29, 1.82) is 0 Å². The number of ketones is 2. The van der Waals surface area contributed by atoms with E-state index in [9.17, 15) is 48.0 Å². The first-order valence-electron chi connectivity index (χ1n) is 11.8. The zero-order valence-electron chi connectivity index (χ0n) is 21.1. The van der Waals surface area contributed by atoms with Gasteiger partial charge in [-0.25, -0.2) is 0 Å². The highest BCUT2D eigenvalue weighted by Crippen LogP contribution is 2.53. The maximum atomic E-state index is 13.6. The molecule has 0 saturated heterocycles. The third-order valence-electron chi connectivity index (χ3n) is 7.62. The molecule has 0 bridgehead atoms. The fourth-order valence-corrected chi connectivity index (χ4v) is 6.41. The Morgan fingerprint density at radius 2 is 1.82 bits per heavy atom. The Morgan fingerprint density at radius 3 is 2.36 bits per heavy atom. The number of nitrogens with zero attached hydrogens (tertiary/aromatic N) is 2. The van der Waals surface area contributed by atoms with E-state index < -0.39 is 76.5 Å². The van der Waals surface area contributed by atoms with Crippen LogP contribution in [-0.2, 0) is 22.6 Å². The lowest BCUT2D eigenvalue weighted by Crippen LogP contribution is -2.63. The van der Waals surface area contributed by atoms with Crippen molar-refractivity contribution in [3.8, 4) is 5.75 Å². The topological polar surface area (TPSA) is 165 Å². The van der Waals surface area contributed by atoms with Gasteiger partial charge in [0.25, 0.3) is 5.91 Å². The molecule has 0 heterocycles. The Hall–Kier alpha value is -3.13. The largest absolute Gasteiger partial charge is 0.510 e. The molecule has 14 heteroatoms. The van der Waals surface area contributed by atoms with Crippen molar-refractivity contribution in [2.24, 2.45) is 17.6 Å². The van der Waals surface area contributed by atoms with Gasteiger partial charge in [-0.3, -0.25) is 24.2 Å². The third-order valence-corrected chi connectivity index (χ3v) is 8.09. The number of amides is 1. The second-order valence-electron chi connectivity index (χ2n) is 10.5. The van der Waals surface area contributed by atoms with Crippen molar-refractivity contribution >= 4 is 29.1 Å². The molecule has 0 saturated carbocycles. The van der Waals surface area contributed by atoms with Crippen LogP contribution in [0.15, 0.2) is 28.7 Å². The number of allylic oxidation sites excluding steroid dienone is 1. The molecule has 0 spiro atoms. The number of halogens is 4. The van der Waals surface area contributed by atoms with Crippen molar-refractivity contribution in [2.75, 3.05) is 27.7 Å². The summed E-state index contributed by atoms with van der Waals surface area (Å²) in [6.07, 6.45) is -4.68. The lowest BCUT2D eigenvalue weighted by Gasteiger charge is -2.50. The Bertz CT molecular complexity index is 1360. The number of benzene rings is 1. The van der Waals surface area contributed by atoms with Crippen molar-refractivity contribution < 1.29 is 48.0 Å². The molecule has 0 radical (unpaired) electrons. The van der Waals surface area contributed by atoms with Crippen LogP contribution in [0.5, 0.6) is 5.75 Å². The fourth-order valence-electron chi connectivity index (χ4n) is 6.12. The molecule has 3 aliphatic rings. The number of hydrogen-bond acceptors (Lipinski definition) is 9. The lowest BCUT2D eigenvalue weighted by atomic mass is 9.58. The molecule has 4 rings (SSSR count). The predicted octanol–water partition coefficient (Wildman–Crippen LogP) is 1.77. The average Bonchev–Trinajstić information content (AvgIpc) is 2.77. The summed E-state index contributed by atoms with van der Waals surface area (Å²) in [6, 6.07) is -0.0917. The molecule has 39 heavy (non-hydrogen) atoms. The minimum absolute atomic E-state index is 0.0350. The first-order valence-corrected chi connectivity index (χ1v) is 12.2. The van der Waals surface area contributed by atoms with Gasteiger partial charge in [0.2, 0.25) is 5.78 Å². The molecule has 3 aliphatic carbocycles. The van der Waals surface area contributed by atoms with Crippen LogP contribution in [0, 0.1) is 11.8 Å². The van der Waals surface area contributed by atoms with Gasteiger partial charge < -0.3 is 26.2 Å². The van der Waals surface area contributed by atoms with Crippen molar-refractivity contribution in [3.05, 3.63) is 50.4 Å². The van der Waals surface area contributed by atoms with E-state index in [1.807, 2.05) is 0 Å². The zero-order valence-corrected chi connectivity index (χ0v) is 21.9. The molecular formula is C25H27ClF3N3O7. The Morgan fingerprint density at radius 1 is 1.21 bits per heavy atom. The lowest BCUT2D eigenvalue weighted by molar-refractivity contribution is -0.148. The number of likely N-dealkylation sites (N-methyl/N-ethyl adjacent to an activating group) is 1. The van der Waals surface area contributed by atoms with Crippen LogP contribution in [-0.4, -0.2) is 93.2 Å². The van der Waals surface area contributed by atoms with Crippen LogP contribution in [0.4, 0.5) is 13.2 Å². The summed E-state index contributed by atoms with van der Waals surface area (Å²) < 4.78 is 38.5.